The maximum Gasteiger partial charge on any atom is 0.115 e. The second kappa shape index (κ2) is 5.24. The summed E-state index contributed by atoms with van der Waals surface area (Å²) in [4.78, 5) is 1.99. The van der Waals surface area contributed by atoms with Crippen molar-refractivity contribution in [1.29, 1.82) is 5.26 Å². The van der Waals surface area contributed by atoms with E-state index in [1.807, 2.05) is 42.3 Å². The first-order chi connectivity index (χ1) is 8.70. The second-order valence-corrected chi connectivity index (χ2v) is 4.15. The van der Waals surface area contributed by atoms with Crippen molar-refractivity contribution >= 4 is 5.69 Å². The highest BCUT2D eigenvalue weighted by molar-refractivity contribution is 5.58. The van der Waals surface area contributed by atoms with Gasteiger partial charge in [-0.25, -0.2) is 0 Å². The summed E-state index contributed by atoms with van der Waals surface area (Å²) in [5.41, 5.74) is 2.55. The zero-order valence-corrected chi connectivity index (χ0v) is 10.2. The van der Waals surface area contributed by atoms with Crippen LogP contribution >= 0.6 is 0 Å². The molecule has 2 aromatic rings. The van der Waals surface area contributed by atoms with Crippen molar-refractivity contribution in [2.45, 2.75) is 6.54 Å². The number of benzene rings is 2. The lowest BCUT2D eigenvalue weighted by Gasteiger charge is -2.20. The minimum absolute atomic E-state index is 0.259. The number of nitrogens with zero attached hydrogens (tertiary/aromatic N) is 2. The Kier molecular flexibility index (Phi) is 3.49. The van der Waals surface area contributed by atoms with Crippen LogP contribution in [0.2, 0.25) is 0 Å². The van der Waals surface area contributed by atoms with Crippen LogP contribution in [0.1, 0.15) is 11.1 Å². The molecule has 2 rings (SSSR count). The Labute approximate surface area is 107 Å². The molecule has 2 aromatic carbocycles. The summed E-state index contributed by atoms with van der Waals surface area (Å²) in [6.45, 7) is 0.646. The molecule has 0 atom stereocenters. The highest BCUT2D eigenvalue weighted by Crippen LogP contribution is 2.21. The van der Waals surface area contributed by atoms with Crippen LogP contribution < -0.4 is 4.90 Å². The SMILES string of the molecule is CN(Cc1cccc(O)c1)c1ccccc1C#N. The number of hydrogen-bond donors (Lipinski definition) is 1. The standard InChI is InChI=1S/C15H14N2O/c1-17(11-12-5-4-7-14(18)9-12)15-8-3-2-6-13(15)10-16/h2-9,18H,11H2,1H3. The van der Waals surface area contributed by atoms with Crippen molar-refractivity contribution in [3.05, 3.63) is 59.7 Å². The Balaban J connectivity index is 2.22. The minimum atomic E-state index is 0.259. The Morgan fingerprint density at radius 1 is 1.17 bits per heavy atom. The predicted octanol–water partition coefficient (Wildman–Crippen LogP) is 2.90. The van der Waals surface area contributed by atoms with Crippen LogP contribution in [-0.4, -0.2) is 12.2 Å². The number of para-hydroxylation sites is 1. The van der Waals surface area contributed by atoms with E-state index in [0.29, 0.717) is 12.1 Å². The highest BCUT2D eigenvalue weighted by atomic mass is 16.3. The third kappa shape index (κ3) is 2.61. The Hall–Kier alpha value is -2.47. The molecule has 1 N–H and O–H groups in total. The van der Waals surface area contributed by atoms with Crippen LogP contribution in [-0.2, 0) is 6.54 Å². The molecule has 0 aromatic heterocycles. The average molecular weight is 238 g/mol. The lowest BCUT2D eigenvalue weighted by atomic mass is 10.1. The molecule has 0 fully saturated rings. The van der Waals surface area contributed by atoms with Gasteiger partial charge < -0.3 is 10.0 Å². The zero-order chi connectivity index (χ0) is 13.0. The molecule has 0 unspecified atom stereocenters. The molecule has 18 heavy (non-hydrogen) atoms. The fraction of sp³-hybridized carbons (Fsp3) is 0.133. The lowest BCUT2D eigenvalue weighted by Crippen LogP contribution is -2.17. The predicted molar refractivity (Wildman–Crippen MR) is 71.4 cm³/mol. The van der Waals surface area contributed by atoms with E-state index in [1.165, 1.54) is 0 Å². The van der Waals surface area contributed by atoms with E-state index in [0.717, 1.165) is 11.3 Å². The van der Waals surface area contributed by atoms with Crippen LogP contribution in [0.4, 0.5) is 5.69 Å². The normalized spacial score (nSPS) is 9.78. The monoisotopic (exact) mass is 238 g/mol. The van der Waals surface area contributed by atoms with Gasteiger partial charge in [-0.1, -0.05) is 24.3 Å². The van der Waals surface area contributed by atoms with Gasteiger partial charge >= 0.3 is 0 Å². The molecule has 0 aliphatic carbocycles. The molecular formula is C15H14N2O. The summed E-state index contributed by atoms with van der Waals surface area (Å²) in [5, 5.41) is 18.5. The fourth-order valence-corrected chi connectivity index (χ4v) is 1.91. The molecule has 90 valence electrons. The van der Waals surface area contributed by atoms with Gasteiger partial charge in [0.15, 0.2) is 0 Å². The highest BCUT2D eigenvalue weighted by Gasteiger charge is 2.07. The largest absolute Gasteiger partial charge is 0.508 e. The molecule has 0 aliphatic heterocycles. The Morgan fingerprint density at radius 2 is 1.94 bits per heavy atom. The van der Waals surface area contributed by atoms with E-state index in [4.69, 9.17) is 5.26 Å². The molecular weight excluding hydrogens is 224 g/mol. The van der Waals surface area contributed by atoms with Crippen molar-refractivity contribution in [1.82, 2.24) is 0 Å². The van der Waals surface area contributed by atoms with E-state index in [9.17, 15) is 5.11 Å². The number of hydrogen-bond acceptors (Lipinski definition) is 3. The van der Waals surface area contributed by atoms with Gasteiger partial charge in [0, 0.05) is 13.6 Å². The Bertz CT molecular complexity index is 587. The average Bonchev–Trinajstić information content (AvgIpc) is 2.38. The summed E-state index contributed by atoms with van der Waals surface area (Å²) in [6, 6.07) is 16.8. The summed E-state index contributed by atoms with van der Waals surface area (Å²) in [5.74, 6) is 0.259. The van der Waals surface area contributed by atoms with E-state index in [-0.39, 0.29) is 5.75 Å². The van der Waals surface area contributed by atoms with Crippen LogP contribution in [0.15, 0.2) is 48.5 Å². The van der Waals surface area contributed by atoms with Crippen molar-refractivity contribution in [2.75, 3.05) is 11.9 Å². The van der Waals surface area contributed by atoms with Gasteiger partial charge in [0.25, 0.3) is 0 Å². The maximum absolute atomic E-state index is 9.43. The molecule has 0 radical (unpaired) electrons. The topological polar surface area (TPSA) is 47.3 Å². The number of phenols is 1. The van der Waals surface area contributed by atoms with Gasteiger partial charge in [-0.3, -0.25) is 0 Å². The van der Waals surface area contributed by atoms with Gasteiger partial charge in [0.05, 0.1) is 11.3 Å². The summed E-state index contributed by atoms with van der Waals surface area (Å²) < 4.78 is 0. The number of aromatic hydroxyl groups is 1. The van der Waals surface area contributed by atoms with Crippen molar-refractivity contribution in [2.24, 2.45) is 0 Å². The molecule has 0 saturated heterocycles. The molecule has 0 saturated carbocycles. The van der Waals surface area contributed by atoms with Crippen LogP contribution in [0, 0.1) is 11.3 Å². The quantitative estimate of drug-likeness (QED) is 0.894. The van der Waals surface area contributed by atoms with E-state index in [1.54, 1.807) is 18.2 Å². The number of phenolic OH excluding ortho intramolecular Hbond substituents is 1. The first-order valence-corrected chi connectivity index (χ1v) is 5.69. The number of nitriles is 1. The first kappa shape index (κ1) is 12.0. The summed E-state index contributed by atoms with van der Waals surface area (Å²) in [6.07, 6.45) is 0. The van der Waals surface area contributed by atoms with Crippen molar-refractivity contribution < 1.29 is 5.11 Å². The van der Waals surface area contributed by atoms with Gasteiger partial charge in [-0.05, 0) is 29.8 Å². The molecule has 0 bridgehead atoms. The van der Waals surface area contributed by atoms with Gasteiger partial charge in [-0.15, -0.1) is 0 Å². The third-order valence-electron chi connectivity index (χ3n) is 2.77. The molecule has 3 heteroatoms. The summed E-state index contributed by atoms with van der Waals surface area (Å²) in [7, 11) is 1.93. The molecule has 0 heterocycles. The third-order valence-corrected chi connectivity index (χ3v) is 2.77. The zero-order valence-electron chi connectivity index (χ0n) is 10.2. The molecule has 0 amide bonds. The van der Waals surface area contributed by atoms with Crippen molar-refractivity contribution in [3.63, 3.8) is 0 Å². The summed E-state index contributed by atoms with van der Waals surface area (Å²) >= 11 is 0. The lowest BCUT2D eigenvalue weighted by molar-refractivity contribution is 0.474. The number of anilines is 1. The first-order valence-electron chi connectivity index (χ1n) is 5.69. The Morgan fingerprint density at radius 3 is 2.67 bits per heavy atom. The van der Waals surface area contributed by atoms with E-state index >= 15 is 0 Å². The van der Waals surface area contributed by atoms with Gasteiger partial charge in [-0.2, -0.15) is 5.26 Å². The van der Waals surface area contributed by atoms with E-state index < -0.39 is 0 Å². The van der Waals surface area contributed by atoms with Gasteiger partial charge in [0.2, 0.25) is 0 Å². The smallest absolute Gasteiger partial charge is 0.115 e. The van der Waals surface area contributed by atoms with E-state index in [2.05, 4.69) is 6.07 Å². The van der Waals surface area contributed by atoms with Gasteiger partial charge in [0.1, 0.15) is 11.8 Å². The fourth-order valence-electron chi connectivity index (χ4n) is 1.91. The van der Waals surface area contributed by atoms with Crippen molar-refractivity contribution in [3.8, 4) is 11.8 Å². The maximum atomic E-state index is 9.43. The van der Waals surface area contributed by atoms with Crippen LogP contribution in [0.25, 0.3) is 0 Å². The molecule has 0 spiro atoms. The van der Waals surface area contributed by atoms with Crippen LogP contribution in [0.3, 0.4) is 0 Å². The number of rotatable bonds is 3. The minimum Gasteiger partial charge on any atom is -0.508 e. The second-order valence-electron chi connectivity index (χ2n) is 4.15. The van der Waals surface area contributed by atoms with Crippen LogP contribution in [0.5, 0.6) is 5.75 Å². The molecule has 0 aliphatic rings. The molecule has 3 nitrogen and oxygen atoms in total.